The van der Waals surface area contributed by atoms with Gasteiger partial charge >= 0.3 is 0 Å². The molecule has 0 spiro atoms. The van der Waals surface area contributed by atoms with Gasteiger partial charge in [0.05, 0.1) is 11.4 Å². The lowest BCUT2D eigenvalue weighted by molar-refractivity contribution is 1.12. The Morgan fingerprint density at radius 1 is 1.27 bits per heavy atom. The standard InChI is InChI=1S/C12H12N2S/c1-6-4-7(2)14-12-10(6)9-5-13-8(3)11(9)15-12/h4H,5H2,1-3H3. The molecule has 0 radical (unpaired) electrons. The zero-order valence-corrected chi connectivity index (χ0v) is 9.90. The summed E-state index contributed by atoms with van der Waals surface area (Å²) >= 11 is 1.78. The van der Waals surface area contributed by atoms with Crippen molar-refractivity contribution in [3.63, 3.8) is 0 Å². The molecule has 3 rings (SSSR count). The molecule has 0 aromatic carbocycles. The van der Waals surface area contributed by atoms with E-state index in [0.717, 1.165) is 12.2 Å². The molecular formula is C12H12N2S. The van der Waals surface area contributed by atoms with Crippen LogP contribution >= 0.6 is 11.3 Å². The highest BCUT2D eigenvalue weighted by atomic mass is 32.1. The second-order valence-corrected chi connectivity index (χ2v) is 5.07. The molecular weight excluding hydrogens is 204 g/mol. The van der Waals surface area contributed by atoms with Crippen molar-refractivity contribution in [2.45, 2.75) is 27.3 Å². The summed E-state index contributed by atoms with van der Waals surface area (Å²) in [6.45, 7) is 7.14. The van der Waals surface area contributed by atoms with Gasteiger partial charge in [0.2, 0.25) is 0 Å². The van der Waals surface area contributed by atoms with E-state index in [2.05, 4.69) is 36.8 Å². The lowest BCUT2D eigenvalue weighted by atomic mass is 10.1. The molecule has 1 aliphatic rings. The van der Waals surface area contributed by atoms with Crippen LogP contribution < -0.4 is 0 Å². The van der Waals surface area contributed by atoms with Gasteiger partial charge in [-0.05, 0) is 32.4 Å². The number of aliphatic imine (C=N–C) groups is 1. The third-order valence-corrected chi connectivity index (χ3v) is 4.12. The van der Waals surface area contributed by atoms with Crippen molar-refractivity contribution in [2.75, 3.05) is 0 Å². The van der Waals surface area contributed by atoms with Crippen molar-refractivity contribution >= 4 is 27.3 Å². The number of thiophene rings is 1. The van der Waals surface area contributed by atoms with Crippen LogP contribution in [0.5, 0.6) is 0 Å². The summed E-state index contributed by atoms with van der Waals surface area (Å²) in [7, 11) is 0. The minimum Gasteiger partial charge on any atom is -0.284 e. The number of nitrogens with zero attached hydrogens (tertiary/aromatic N) is 2. The van der Waals surface area contributed by atoms with E-state index in [1.807, 2.05) is 0 Å². The Morgan fingerprint density at radius 2 is 2.07 bits per heavy atom. The molecule has 2 nitrogen and oxygen atoms in total. The second-order valence-electron chi connectivity index (χ2n) is 4.07. The fraction of sp³-hybridized carbons (Fsp3) is 0.333. The van der Waals surface area contributed by atoms with Crippen LogP contribution in [0.4, 0.5) is 0 Å². The molecule has 0 N–H and O–H groups in total. The fourth-order valence-electron chi connectivity index (χ4n) is 2.23. The number of hydrogen-bond donors (Lipinski definition) is 0. The quantitative estimate of drug-likeness (QED) is 0.663. The van der Waals surface area contributed by atoms with Crippen LogP contribution in [0.2, 0.25) is 0 Å². The van der Waals surface area contributed by atoms with Crippen LogP contribution in [-0.2, 0) is 6.54 Å². The molecule has 0 fully saturated rings. The molecule has 0 atom stereocenters. The summed E-state index contributed by atoms with van der Waals surface area (Å²) in [5.74, 6) is 0. The summed E-state index contributed by atoms with van der Waals surface area (Å²) in [5.41, 5.74) is 5.00. The lowest BCUT2D eigenvalue weighted by Crippen LogP contribution is -1.86. The molecule has 2 aromatic heterocycles. The Labute approximate surface area is 92.7 Å². The van der Waals surface area contributed by atoms with E-state index >= 15 is 0 Å². The topological polar surface area (TPSA) is 25.2 Å². The van der Waals surface area contributed by atoms with Crippen LogP contribution in [0.1, 0.15) is 28.6 Å². The van der Waals surface area contributed by atoms with Crippen molar-refractivity contribution in [3.8, 4) is 0 Å². The number of aryl methyl sites for hydroxylation is 2. The first kappa shape index (κ1) is 9.04. The maximum absolute atomic E-state index is 4.60. The van der Waals surface area contributed by atoms with E-state index in [4.69, 9.17) is 0 Å². The Bertz CT molecular complexity index is 593. The molecule has 2 aromatic rings. The summed E-state index contributed by atoms with van der Waals surface area (Å²) in [4.78, 5) is 11.6. The first-order valence-corrected chi connectivity index (χ1v) is 5.89. The maximum atomic E-state index is 4.60. The molecule has 0 unspecified atom stereocenters. The van der Waals surface area contributed by atoms with Crippen LogP contribution in [0.3, 0.4) is 0 Å². The minimum atomic E-state index is 0.840. The maximum Gasteiger partial charge on any atom is 0.124 e. The Morgan fingerprint density at radius 3 is 2.87 bits per heavy atom. The van der Waals surface area contributed by atoms with E-state index in [9.17, 15) is 0 Å². The molecule has 3 heteroatoms. The van der Waals surface area contributed by atoms with Gasteiger partial charge in [-0.25, -0.2) is 4.98 Å². The average molecular weight is 216 g/mol. The lowest BCUT2D eigenvalue weighted by Gasteiger charge is -1.99. The SMILES string of the molecule is CC1=NCc2c1sc1nc(C)cc(C)c21. The van der Waals surface area contributed by atoms with E-state index in [0.29, 0.717) is 0 Å². The van der Waals surface area contributed by atoms with Crippen molar-refractivity contribution in [2.24, 2.45) is 4.99 Å². The highest BCUT2D eigenvalue weighted by Crippen LogP contribution is 2.36. The van der Waals surface area contributed by atoms with Gasteiger partial charge in [-0.1, -0.05) is 0 Å². The van der Waals surface area contributed by atoms with Gasteiger partial charge in [0.1, 0.15) is 4.83 Å². The molecule has 0 aliphatic carbocycles. The molecule has 3 heterocycles. The Hall–Kier alpha value is -1.22. The first-order chi connectivity index (χ1) is 7.16. The molecule has 0 bridgehead atoms. The molecule has 0 saturated carbocycles. The number of hydrogen-bond acceptors (Lipinski definition) is 3. The predicted molar refractivity (Wildman–Crippen MR) is 65.0 cm³/mol. The molecule has 0 saturated heterocycles. The van der Waals surface area contributed by atoms with Crippen LogP contribution in [-0.4, -0.2) is 10.7 Å². The van der Waals surface area contributed by atoms with Crippen molar-refractivity contribution in [1.29, 1.82) is 0 Å². The minimum absolute atomic E-state index is 0.840. The predicted octanol–water partition coefficient (Wildman–Crippen LogP) is 3.24. The van der Waals surface area contributed by atoms with Gasteiger partial charge in [0.15, 0.2) is 0 Å². The highest BCUT2D eigenvalue weighted by molar-refractivity contribution is 7.20. The van der Waals surface area contributed by atoms with Gasteiger partial charge in [-0.2, -0.15) is 0 Å². The van der Waals surface area contributed by atoms with Gasteiger partial charge in [-0.15, -0.1) is 11.3 Å². The third-order valence-electron chi connectivity index (χ3n) is 2.89. The van der Waals surface area contributed by atoms with E-state index in [1.165, 1.54) is 31.9 Å². The van der Waals surface area contributed by atoms with Crippen molar-refractivity contribution < 1.29 is 0 Å². The van der Waals surface area contributed by atoms with Crippen LogP contribution in [0.25, 0.3) is 10.2 Å². The number of rotatable bonds is 0. The smallest absolute Gasteiger partial charge is 0.124 e. The van der Waals surface area contributed by atoms with Crippen LogP contribution in [0, 0.1) is 13.8 Å². The summed E-state index contributed by atoms with van der Waals surface area (Å²) in [6, 6.07) is 2.16. The monoisotopic (exact) mass is 216 g/mol. The largest absolute Gasteiger partial charge is 0.284 e. The normalized spacial score (nSPS) is 14.5. The van der Waals surface area contributed by atoms with Crippen molar-refractivity contribution in [1.82, 2.24) is 4.98 Å². The molecule has 76 valence electrons. The summed E-state index contributed by atoms with van der Waals surface area (Å²) in [6.07, 6.45) is 0. The first-order valence-electron chi connectivity index (χ1n) is 5.08. The van der Waals surface area contributed by atoms with Gasteiger partial charge in [0, 0.05) is 22.4 Å². The Balaban J connectivity index is 2.44. The number of pyridine rings is 1. The van der Waals surface area contributed by atoms with Crippen molar-refractivity contribution in [3.05, 3.63) is 27.8 Å². The van der Waals surface area contributed by atoms with E-state index < -0.39 is 0 Å². The Kier molecular flexibility index (Phi) is 1.74. The van der Waals surface area contributed by atoms with Gasteiger partial charge in [-0.3, -0.25) is 4.99 Å². The van der Waals surface area contributed by atoms with E-state index in [-0.39, 0.29) is 0 Å². The summed E-state index contributed by atoms with van der Waals surface area (Å²) < 4.78 is 0. The van der Waals surface area contributed by atoms with Crippen LogP contribution in [0.15, 0.2) is 11.1 Å². The van der Waals surface area contributed by atoms with Gasteiger partial charge < -0.3 is 0 Å². The fourth-order valence-corrected chi connectivity index (χ4v) is 3.50. The summed E-state index contributed by atoms with van der Waals surface area (Å²) in [5, 5.41) is 1.33. The van der Waals surface area contributed by atoms with E-state index in [1.54, 1.807) is 11.3 Å². The zero-order valence-electron chi connectivity index (χ0n) is 9.09. The number of fused-ring (bicyclic) bond motifs is 3. The second kappa shape index (κ2) is 2.89. The average Bonchev–Trinajstić information content (AvgIpc) is 2.66. The molecule has 15 heavy (non-hydrogen) atoms. The number of aromatic nitrogens is 1. The zero-order chi connectivity index (χ0) is 10.6. The third kappa shape index (κ3) is 1.16. The highest BCUT2D eigenvalue weighted by Gasteiger charge is 2.20. The van der Waals surface area contributed by atoms with Gasteiger partial charge in [0.25, 0.3) is 0 Å². The molecule has 1 aliphatic heterocycles. The molecule has 0 amide bonds.